The maximum Gasteiger partial charge on any atom is 0.266 e. The monoisotopic (exact) mass is 454 g/mol. The van der Waals surface area contributed by atoms with E-state index in [1.54, 1.807) is 47.4 Å². The van der Waals surface area contributed by atoms with Crippen LogP contribution in [0.1, 0.15) is 68.0 Å². The van der Waals surface area contributed by atoms with Crippen LogP contribution in [0.2, 0.25) is 0 Å². The molecule has 0 bridgehead atoms. The summed E-state index contributed by atoms with van der Waals surface area (Å²) in [6, 6.07) is 19.8. The SMILES string of the molecule is CCOc1ccc(N2C(=O)c3ccc(C(=O)N(C)C4CCCc5ccccc54)cc3C2=O)cc1. The number of amides is 3. The van der Waals surface area contributed by atoms with Gasteiger partial charge in [0.25, 0.3) is 17.7 Å². The molecule has 1 atom stereocenters. The largest absolute Gasteiger partial charge is 0.494 e. The number of hydrogen-bond acceptors (Lipinski definition) is 4. The molecule has 1 aliphatic carbocycles. The van der Waals surface area contributed by atoms with Crippen LogP contribution in [0.15, 0.2) is 66.7 Å². The maximum atomic E-state index is 13.4. The third kappa shape index (κ3) is 3.65. The minimum Gasteiger partial charge on any atom is -0.494 e. The van der Waals surface area contributed by atoms with Crippen LogP contribution in [0.25, 0.3) is 0 Å². The van der Waals surface area contributed by atoms with Gasteiger partial charge in [-0.25, -0.2) is 4.90 Å². The first-order valence-corrected chi connectivity index (χ1v) is 11.6. The second-order valence-electron chi connectivity index (χ2n) is 8.66. The van der Waals surface area contributed by atoms with Gasteiger partial charge in [0.15, 0.2) is 0 Å². The number of aryl methyl sites for hydroxylation is 1. The first kappa shape index (κ1) is 21.9. The molecule has 6 nitrogen and oxygen atoms in total. The van der Waals surface area contributed by atoms with Gasteiger partial charge in [0.05, 0.1) is 29.5 Å². The van der Waals surface area contributed by atoms with E-state index in [0.717, 1.165) is 24.2 Å². The molecule has 0 saturated heterocycles. The molecule has 1 unspecified atom stereocenters. The van der Waals surface area contributed by atoms with Crippen molar-refractivity contribution in [1.82, 2.24) is 4.90 Å². The van der Waals surface area contributed by atoms with Crippen molar-refractivity contribution in [3.05, 3.63) is 94.5 Å². The zero-order valence-corrected chi connectivity index (χ0v) is 19.3. The number of fused-ring (bicyclic) bond motifs is 2. The fourth-order valence-electron chi connectivity index (χ4n) is 4.94. The van der Waals surface area contributed by atoms with Crippen molar-refractivity contribution in [3.63, 3.8) is 0 Å². The van der Waals surface area contributed by atoms with Crippen molar-refractivity contribution >= 4 is 23.4 Å². The summed E-state index contributed by atoms with van der Waals surface area (Å²) in [6.07, 6.45) is 2.94. The van der Waals surface area contributed by atoms with Crippen LogP contribution >= 0.6 is 0 Å². The highest BCUT2D eigenvalue weighted by atomic mass is 16.5. The smallest absolute Gasteiger partial charge is 0.266 e. The number of carbonyl (C=O) groups excluding carboxylic acids is 3. The summed E-state index contributed by atoms with van der Waals surface area (Å²) in [5.41, 5.74) is 3.89. The maximum absolute atomic E-state index is 13.4. The van der Waals surface area contributed by atoms with Crippen LogP contribution in [0.4, 0.5) is 5.69 Å². The Kier molecular flexibility index (Phi) is 5.65. The molecule has 0 radical (unpaired) electrons. The lowest BCUT2D eigenvalue weighted by Crippen LogP contribution is -2.33. The topological polar surface area (TPSA) is 66.9 Å². The second kappa shape index (κ2) is 8.78. The lowest BCUT2D eigenvalue weighted by Gasteiger charge is -2.33. The summed E-state index contributed by atoms with van der Waals surface area (Å²) in [5, 5.41) is 0. The molecule has 1 heterocycles. The highest BCUT2D eigenvalue weighted by Gasteiger charge is 2.37. The molecule has 6 heteroatoms. The Morgan fingerprint density at radius 1 is 1.00 bits per heavy atom. The Bertz CT molecular complexity index is 1280. The number of anilines is 1. The van der Waals surface area contributed by atoms with Gasteiger partial charge in [0.1, 0.15) is 5.75 Å². The lowest BCUT2D eigenvalue weighted by atomic mass is 9.86. The van der Waals surface area contributed by atoms with Crippen LogP contribution in [-0.2, 0) is 6.42 Å². The average Bonchev–Trinajstić information content (AvgIpc) is 3.12. The number of carbonyl (C=O) groups is 3. The fourth-order valence-corrected chi connectivity index (χ4v) is 4.94. The van der Waals surface area contributed by atoms with E-state index in [1.165, 1.54) is 11.1 Å². The Morgan fingerprint density at radius 3 is 2.50 bits per heavy atom. The van der Waals surface area contributed by atoms with Gasteiger partial charge >= 0.3 is 0 Å². The number of nitrogens with zero attached hydrogens (tertiary/aromatic N) is 2. The van der Waals surface area contributed by atoms with Gasteiger partial charge in [0, 0.05) is 12.6 Å². The molecule has 0 fully saturated rings. The number of ether oxygens (including phenoxy) is 1. The van der Waals surface area contributed by atoms with E-state index in [-0.39, 0.29) is 17.5 Å². The average molecular weight is 455 g/mol. The molecule has 3 amide bonds. The van der Waals surface area contributed by atoms with Crippen molar-refractivity contribution in [3.8, 4) is 5.75 Å². The standard InChI is InChI=1S/C28H26N2O4/c1-3-34-21-14-12-20(13-15-21)30-27(32)23-16-11-19(17-24(23)28(30)33)26(31)29(2)25-10-6-8-18-7-4-5-9-22(18)25/h4-5,7,9,11-17,25H,3,6,8,10H2,1-2H3. The molecule has 2 aliphatic rings. The van der Waals surface area contributed by atoms with E-state index in [1.807, 2.05) is 26.1 Å². The van der Waals surface area contributed by atoms with E-state index in [0.29, 0.717) is 29.2 Å². The van der Waals surface area contributed by atoms with Crippen molar-refractivity contribution in [2.24, 2.45) is 0 Å². The molecule has 0 saturated carbocycles. The number of imide groups is 1. The lowest BCUT2D eigenvalue weighted by molar-refractivity contribution is 0.0714. The molecule has 34 heavy (non-hydrogen) atoms. The number of hydrogen-bond donors (Lipinski definition) is 0. The van der Waals surface area contributed by atoms with Crippen molar-refractivity contribution in [1.29, 1.82) is 0 Å². The van der Waals surface area contributed by atoms with Gasteiger partial charge in [-0.2, -0.15) is 0 Å². The van der Waals surface area contributed by atoms with Crippen LogP contribution in [0.3, 0.4) is 0 Å². The first-order valence-electron chi connectivity index (χ1n) is 11.6. The van der Waals surface area contributed by atoms with E-state index >= 15 is 0 Å². The molecule has 3 aromatic carbocycles. The van der Waals surface area contributed by atoms with Crippen LogP contribution in [-0.4, -0.2) is 36.3 Å². The predicted molar refractivity (Wildman–Crippen MR) is 129 cm³/mol. The normalized spacial score (nSPS) is 16.8. The van der Waals surface area contributed by atoms with Gasteiger partial charge < -0.3 is 9.64 Å². The zero-order valence-electron chi connectivity index (χ0n) is 19.3. The van der Waals surface area contributed by atoms with Gasteiger partial charge in [-0.1, -0.05) is 24.3 Å². The minimum atomic E-state index is -0.426. The Morgan fingerprint density at radius 2 is 1.74 bits per heavy atom. The van der Waals surface area contributed by atoms with E-state index in [4.69, 9.17) is 4.74 Å². The molecule has 0 spiro atoms. The van der Waals surface area contributed by atoms with Crippen molar-refractivity contribution < 1.29 is 19.1 Å². The van der Waals surface area contributed by atoms with Crippen molar-refractivity contribution in [2.45, 2.75) is 32.2 Å². The van der Waals surface area contributed by atoms with E-state index in [2.05, 4.69) is 12.1 Å². The molecule has 5 rings (SSSR count). The van der Waals surface area contributed by atoms with Crippen LogP contribution in [0.5, 0.6) is 5.75 Å². The third-order valence-electron chi connectivity index (χ3n) is 6.67. The highest BCUT2D eigenvalue weighted by molar-refractivity contribution is 6.34. The summed E-state index contributed by atoms with van der Waals surface area (Å²) < 4.78 is 5.44. The first-order chi connectivity index (χ1) is 16.5. The quantitative estimate of drug-likeness (QED) is 0.507. The molecular weight excluding hydrogens is 428 g/mol. The minimum absolute atomic E-state index is 0.0107. The highest BCUT2D eigenvalue weighted by Crippen LogP contribution is 2.35. The van der Waals surface area contributed by atoms with Crippen LogP contribution in [0, 0.1) is 0 Å². The fraction of sp³-hybridized carbons (Fsp3) is 0.250. The second-order valence-corrected chi connectivity index (χ2v) is 8.66. The molecular formula is C28H26N2O4. The molecule has 172 valence electrons. The van der Waals surface area contributed by atoms with Gasteiger partial charge in [-0.3, -0.25) is 14.4 Å². The van der Waals surface area contributed by atoms with E-state index < -0.39 is 11.8 Å². The summed E-state index contributed by atoms with van der Waals surface area (Å²) >= 11 is 0. The van der Waals surface area contributed by atoms with Crippen LogP contribution < -0.4 is 9.64 Å². The summed E-state index contributed by atoms with van der Waals surface area (Å²) in [6.45, 7) is 2.42. The summed E-state index contributed by atoms with van der Waals surface area (Å²) in [7, 11) is 1.81. The number of benzene rings is 3. The molecule has 0 aromatic heterocycles. The molecule has 3 aromatic rings. The Labute approximate surface area is 198 Å². The molecule has 0 N–H and O–H groups in total. The predicted octanol–water partition coefficient (Wildman–Crippen LogP) is 5.04. The Hall–Kier alpha value is -3.93. The molecule has 1 aliphatic heterocycles. The zero-order chi connectivity index (χ0) is 23.8. The summed E-state index contributed by atoms with van der Waals surface area (Å²) in [5.74, 6) is -0.311. The summed E-state index contributed by atoms with van der Waals surface area (Å²) in [4.78, 5) is 42.5. The third-order valence-corrected chi connectivity index (χ3v) is 6.67. The Balaban J connectivity index is 1.41. The van der Waals surface area contributed by atoms with E-state index in [9.17, 15) is 14.4 Å². The van der Waals surface area contributed by atoms with Gasteiger partial charge in [-0.15, -0.1) is 0 Å². The van der Waals surface area contributed by atoms with Gasteiger partial charge in [-0.05, 0) is 79.8 Å². The van der Waals surface area contributed by atoms with Crippen molar-refractivity contribution in [2.75, 3.05) is 18.6 Å². The van der Waals surface area contributed by atoms with Gasteiger partial charge in [0.2, 0.25) is 0 Å². The number of rotatable bonds is 5.